The van der Waals surface area contributed by atoms with Crippen molar-refractivity contribution < 1.29 is 9.53 Å². The van der Waals surface area contributed by atoms with Gasteiger partial charge in [0, 0.05) is 11.1 Å². The molecule has 6 heteroatoms. The van der Waals surface area contributed by atoms with Gasteiger partial charge in [0.05, 0.1) is 24.7 Å². The second-order valence-corrected chi connectivity index (χ2v) is 4.50. The fourth-order valence-electron chi connectivity index (χ4n) is 1.51. The summed E-state index contributed by atoms with van der Waals surface area (Å²) in [4.78, 5) is 19.7. The zero-order chi connectivity index (χ0) is 15.1. The zero-order valence-electron chi connectivity index (χ0n) is 11.4. The summed E-state index contributed by atoms with van der Waals surface area (Å²) >= 11 is 5.79. The molecule has 5 nitrogen and oxygen atoms in total. The van der Waals surface area contributed by atoms with Crippen LogP contribution in [-0.4, -0.2) is 22.5 Å². The lowest BCUT2D eigenvalue weighted by molar-refractivity contribution is -0.111. The van der Waals surface area contributed by atoms with Gasteiger partial charge in [0.15, 0.2) is 0 Å². The Hall–Kier alpha value is -2.40. The van der Waals surface area contributed by atoms with Crippen molar-refractivity contribution in [3.8, 4) is 6.01 Å². The van der Waals surface area contributed by atoms with E-state index in [4.69, 9.17) is 16.3 Å². The summed E-state index contributed by atoms with van der Waals surface area (Å²) in [6, 6.07) is 7.46. The number of carbonyl (C=O) groups excluding carboxylic acids is 1. The van der Waals surface area contributed by atoms with E-state index in [1.54, 1.807) is 18.2 Å². The Balaban J connectivity index is 1.93. The highest BCUT2D eigenvalue weighted by atomic mass is 35.5. The SMILES string of the molecule is CCOc1ncc(NC(=O)/C=C/c2ccc(Cl)cc2)cn1. The van der Waals surface area contributed by atoms with Crippen LogP contribution in [0.25, 0.3) is 6.08 Å². The minimum atomic E-state index is -0.266. The lowest BCUT2D eigenvalue weighted by atomic mass is 10.2. The van der Waals surface area contributed by atoms with Crippen molar-refractivity contribution in [2.75, 3.05) is 11.9 Å². The Morgan fingerprint density at radius 3 is 2.57 bits per heavy atom. The number of carbonyl (C=O) groups is 1. The van der Waals surface area contributed by atoms with E-state index in [1.165, 1.54) is 18.5 Å². The molecule has 1 aromatic heterocycles. The van der Waals surface area contributed by atoms with E-state index < -0.39 is 0 Å². The van der Waals surface area contributed by atoms with Gasteiger partial charge in [-0.1, -0.05) is 23.7 Å². The van der Waals surface area contributed by atoms with Crippen molar-refractivity contribution in [2.24, 2.45) is 0 Å². The number of nitrogens with zero attached hydrogens (tertiary/aromatic N) is 2. The topological polar surface area (TPSA) is 64.1 Å². The summed E-state index contributed by atoms with van der Waals surface area (Å²) in [5, 5.41) is 3.32. The second kappa shape index (κ2) is 7.40. The number of nitrogens with one attached hydrogen (secondary N) is 1. The van der Waals surface area contributed by atoms with E-state index in [-0.39, 0.29) is 11.9 Å². The predicted octanol–water partition coefficient (Wildman–Crippen LogP) is 3.18. The first-order valence-electron chi connectivity index (χ1n) is 6.37. The highest BCUT2D eigenvalue weighted by Gasteiger charge is 2.00. The standard InChI is InChI=1S/C15H14ClN3O2/c1-2-21-15-17-9-13(10-18-15)19-14(20)8-5-11-3-6-12(16)7-4-11/h3-10H,2H2,1H3,(H,19,20)/b8-5+. The molecule has 0 unspecified atom stereocenters. The summed E-state index contributed by atoms with van der Waals surface area (Å²) in [5.41, 5.74) is 1.39. The molecule has 0 fully saturated rings. The number of aromatic nitrogens is 2. The molecule has 0 aliphatic carbocycles. The van der Waals surface area contributed by atoms with E-state index in [2.05, 4.69) is 15.3 Å². The van der Waals surface area contributed by atoms with Gasteiger partial charge in [-0.15, -0.1) is 0 Å². The van der Waals surface area contributed by atoms with Crippen LogP contribution < -0.4 is 10.1 Å². The summed E-state index contributed by atoms with van der Waals surface area (Å²) in [5.74, 6) is -0.266. The average molecular weight is 304 g/mol. The van der Waals surface area contributed by atoms with Gasteiger partial charge >= 0.3 is 6.01 Å². The Kier molecular flexibility index (Phi) is 5.29. The van der Waals surface area contributed by atoms with E-state index >= 15 is 0 Å². The molecule has 1 aromatic carbocycles. The minimum Gasteiger partial charge on any atom is -0.464 e. The highest BCUT2D eigenvalue weighted by molar-refractivity contribution is 6.30. The normalized spacial score (nSPS) is 10.6. The number of benzene rings is 1. The van der Waals surface area contributed by atoms with Crippen LogP contribution in [0.15, 0.2) is 42.7 Å². The number of halogens is 1. The summed E-state index contributed by atoms with van der Waals surface area (Å²) in [6.45, 7) is 2.34. The third kappa shape index (κ3) is 4.89. The van der Waals surface area contributed by atoms with Crippen molar-refractivity contribution in [3.63, 3.8) is 0 Å². The van der Waals surface area contributed by atoms with Crippen LogP contribution in [0.2, 0.25) is 5.02 Å². The third-order valence-corrected chi connectivity index (χ3v) is 2.72. The van der Waals surface area contributed by atoms with Crippen LogP contribution in [0.3, 0.4) is 0 Å². The van der Waals surface area contributed by atoms with E-state index in [0.717, 1.165) is 5.56 Å². The Morgan fingerprint density at radius 2 is 1.95 bits per heavy atom. The number of anilines is 1. The molecule has 1 N–H and O–H groups in total. The first-order chi connectivity index (χ1) is 10.2. The predicted molar refractivity (Wildman–Crippen MR) is 82.3 cm³/mol. The molecule has 1 heterocycles. The van der Waals surface area contributed by atoms with Crippen LogP contribution in [-0.2, 0) is 4.79 Å². The fourth-order valence-corrected chi connectivity index (χ4v) is 1.64. The summed E-state index contributed by atoms with van der Waals surface area (Å²) < 4.78 is 5.12. The Labute approximate surface area is 127 Å². The molecule has 0 aliphatic rings. The molecule has 0 saturated carbocycles. The molecule has 0 radical (unpaired) electrons. The molecular formula is C15H14ClN3O2. The Bertz CT molecular complexity index is 624. The number of hydrogen-bond acceptors (Lipinski definition) is 4. The van der Waals surface area contributed by atoms with E-state index in [0.29, 0.717) is 17.3 Å². The molecular weight excluding hydrogens is 290 g/mol. The van der Waals surface area contributed by atoms with Gasteiger partial charge in [0.1, 0.15) is 0 Å². The Morgan fingerprint density at radius 1 is 1.29 bits per heavy atom. The van der Waals surface area contributed by atoms with Crippen LogP contribution in [0.4, 0.5) is 5.69 Å². The van der Waals surface area contributed by atoms with E-state index in [1.807, 2.05) is 19.1 Å². The van der Waals surface area contributed by atoms with Crippen molar-refractivity contribution in [2.45, 2.75) is 6.92 Å². The van der Waals surface area contributed by atoms with Crippen LogP contribution in [0, 0.1) is 0 Å². The highest BCUT2D eigenvalue weighted by Crippen LogP contribution is 2.11. The molecule has 1 amide bonds. The second-order valence-electron chi connectivity index (χ2n) is 4.06. The zero-order valence-corrected chi connectivity index (χ0v) is 12.2. The molecule has 0 spiro atoms. The van der Waals surface area contributed by atoms with Crippen LogP contribution in [0.1, 0.15) is 12.5 Å². The lowest BCUT2D eigenvalue weighted by Crippen LogP contribution is -2.08. The first-order valence-corrected chi connectivity index (χ1v) is 6.74. The molecule has 0 bridgehead atoms. The molecule has 0 aliphatic heterocycles. The fraction of sp³-hybridized carbons (Fsp3) is 0.133. The van der Waals surface area contributed by atoms with Gasteiger partial charge in [-0.25, -0.2) is 9.97 Å². The van der Waals surface area contributed by atoms with Gasteiger partial charge in [0.25, 0.3) is 0 Å². The number of rotatable bonds is 5. The van der Waals surface area contributed by atoms with Gasteiger partial charge in [0.2, 0.25) is 5.91 Å². The van der Waals surface area contributed by atoms with Gasteiger partial charge in [-0.3, -0.25) is 4.79 Å². The van der Waals surface area contributed by atoms with E-state index in [9.17, 15) is 4.79 Å². The van der Waals surface area contributed by atoms with Gasteiger partial charge in [-0.05, 0) is 30.7 Å². The maximum atomic E-state index is 11.8. The van der Waals surface area contributed by atoms with Gasteiger partial charge < -0.3 is 10.1 Å². The van der Waals surface area contributed by atoms with Crippen molar-refractivity contribution in [3.05, 3.63) is 53.3 Å². The van der Waals surface area contributed by atoms with Crippen LogP contribution >= 0.6 is 11.6 Å². The quantitative estimate of drug-likeness (QED) is 0.862. The van der Waals surface area contributed by atoms with Crippen LogP contribution in [0.5, 0.6) is 6.01 Å². The van der Waals surface area contributed by atoms with Gasteiger partial charge in [-0.2, -0.15) is 0 Å². The molecule has 21 heavy (non-hydrogen) atoms. The molecule has 108 valence electrons. The lowest BCUT2D eigenvalue weighted by Gasteiger charge is -2.03. The molecule has 0 saturated heterocycles. The molecule has 2 rings (SSSR count). The number of ether oxygens (including phenoxy) is 1. The number of amides is 1. The molecule has 0 atom stereocenters. The van der Waals surface area contributed by atoms with Crippen molar-refractivity contribution in [1.82, 2.24) is 9.97 Å². The average Bonchev–Trinajstić information content (AvgIpc) is 2.49. The summed E-state index contributed by atoms with van der Waals surface area (Å²) in [6.07, 6.45) is 6.11. The summed E-state index contributed by atoms with van der Waals surface area (Å²) in [7, 11) is 0. The van der Waals surface area contributed by atoms with Crippen molar-refractivity contribution in [1.29, 1.82) is 0 Å². The largest absolute Gasteiger partial charge is 0.464 e. The maximum absolute atomic E-state index is 11.8. The minimum absolute atomic E-state index is 0.266. The monoisotopic (exact) mass is 303 g/mol. The molecule has 2 aromatic rings. The third-order valence-electron chi connectivity index (χ3n) is 2.47. The number of hydrogen-bond donors (Lipinski definition) is 1. The smallest absolute Gasteiger partial charge is 0.316 e. The van der Waals surface area contributed by atoms with Crippen molar-refractivity contribution >= 4 is 29.3 Å². The maximum Gasteiger partial charge on any atom is 0.316 e. The first kappa shape index (κ1) is 15.0.